The summed E-state index contributed by atoms with van der Waals surface area (Å²) < 4.78 is 0. The quantitative estimate of drug-likeness (QED) is 0.772. The minimum atomic E-state index is 0.0576. The number of aromatic nitrogens is 2. The molecular formula is C21H22N4O. The SMILES string of the molecule is O=C(Cc1cccc2ccccc12)NCC1CCCN1c1ncccn1. The Kier molecular flexibility index (Phi) is 4.78. The molecule has 1 N–H and O–H groups in total. The van der Waals surface area contributed by atoms with Gasteiger partial charge in [-0.2, -0.15) is 0 Å². The molecule has 132 valence electrons. The minimum Gasteiger partial charge on any atom is -0.354 e. The standard InChI is InChI=1S/C21H22N4O/c26-20(14-17-8-3-7-16-6-1-2-10-19(16)17)24-15-18-9-4-13-25(18)21-22-11-5-12-23-21/h1-3,5-8,10-12,18H,4,9,13-15H2,(H,24,26). The summed E-state index contributed by atoms with van der Waals surface area (Å²) in [4.78, 5) is 23.4. The van der Waals surface area contributed by atoms with Crippen LogP contribution in [-0.2, 0) is 11.2 Å². The Labute approximate surface area is 153 Å². The highest BCUT2D eigenvalue weighted by Gasteiger charge is 2.26. The molecule has 0 radical (unpaired) electrons. The van der Waals surface area contributed by atoms with E-state index in [-0.39, 0.29) is 11.9 Å². The lowest BCUT2D eigenvalue weighted by Gasteiger charge is -2.24. The number of hydrogen-bond acceptors (Lipinski definition) is 4. The second-order valence-corrected chi connectivity index (χ2v) is 6.66. The number of nitrogens with zero attached hydrogens (tertiary/aromatic N) is 3. The fraction of sp³-hybridized carbons (Fsp3) is 0.286. The van der Waals surface area contributed by atoms with Crippen molar-refractivity contribution in [1.82, 2.24) is 15.3 Å². The molecule has 3 aromatic rings. The van der Waals surface area contributed by atoms with Crippen LogP contribution in [0.5, 0.6) is 0 Å². The van der Waals surface area contributed by atoms with E-state index in [1.807, 2.05) is 30.3 Å². The molecule has 0 saturated carbocycles. The van der Waals surface area contributed by atoms with Crippen molar-refractivity contribution < 1.29 is 4.79 Å². The van der Waals surface area contributed by atoms with Crippen LogP contribution in [0.4, 0.5) is 5.95 Å². The molecule has 1 aromatic heterocycles. The number of nitrogens with one attached hydrogen (secondary N) is 1. The number of anilines is 1. The molecule has 0 bridgehead atoms. The third-order valence-corrected chi connectivity index (χ3v) is 4.95. The average Bonchev–Trinajstić information content (AvgIpc) is 3.16. The Morgan fingerprint density at radius 2 is 1.88 bits per heavy atom. The minimum absolute atomic E-state index is 0.0576. The van der Waals surface area contributed by atoms with E-state index in [9.17, 15) is 4.79 Å². The van der Waals surface area contributed by atoms with Crippen LogP contribution in [0.15, 0.2) is 60.9 Å². The third-order valence-electron chi connectivity index (χ3n) is 4.95. The molecule has 1 aliphatic rings. The summed E-state index contributed by atoms with van der Waals surface area (Å²) in [6, 6.07) is 16.4. The normalized spacial score (nSPS) is 16.8. The Morgan fingerprint density at radius 1 is 1.08 bits per heavy atom. The largest absolute Gasteiger partial charge is 0.354 e. The molecule has 0 spiro atoms. The second-order valence-electron chi connectivity index (χ2n) is 6.66. The van der Waals surface area contributed by atoms with Gasteiger partial charge in [0.2, 0.25) is 11.9 Å². The summed E-state index contributed by atoms with van der Waals surface area (Å²) >= 11 is 0. The first-order valence-electron chi connectivity index (χ1n) is 9.08. The van der Waals surface area contributed by atoms with Gasteiger partial charge < -0.3 is 10.2 Å². The van der Waals surface area contributed by atoms with E-state index >= 15 is 0 Å². The van der Waals surface area contributed by atoms with Gasteiger partial charge in [-0.05, 0) is 35.2 Å². The molecule has 1 amide bonds. The maximum Gasteiger partial charge on any atom is 0.225 e. The first-order valence-corrected chi connectivity index (χ1v) is 9.08. The third kappa shape index (κ3) is 3.52. The average molecular weight is 346 g/mol. The van der Waals surface area contributed by atoms with Crippen LogP contribution < -0.4 is 10.2 Å². The van der Waals surface area contributed by atoms with E-state index in [1.165, 1.54) is 5.39 Å². The first kappa shape index (κ1) is 16.5. The van der Waals surface area contributed by atoms with Gasteiger partial charge in [-0.1, -0.05) is 42.5 Å². The van der Waals surface area contributed by atoms with Gasteiger partial charge in [-0.3, -0.25) is 4.79 Å². The molecule has 26 heavy (non-hydrogen) atoms. The highest BCUT2D eigenvalue weighted by atomic mass is 16.1. The number of benzene rings is 2. The van der Waals surface area contributed by atoms with E-state index in [1.54, 1.807) is 12.4 Å². The summed E-state index contributed by atoms with van der Waals surface area (Å²) in [5.41, 5.74) is 1.07. The van der Waals surface area contributed by atoms with Crippen LogP contribution in [0.3, 0.4) is 0 Å². The molecule has 5 heteroatoms. The maximum absolute atomic E-state index is 12.5. The van der Waals surface area contributed by atoms with E-state index in [0.717, 1.165) is 36.3 Å². The summed E-state index contributed by atoms with van der Waals surface area (Å²) in [6.45, 7) is 1.57. The predicted molar refractivity (Wildman–Crippen MR) is 103 cm³/mol. The summed E-state index contributed by atoms with van der Waals surface area (Å²) in [7, 11) is 0. The summed E-state index contributed by atoms with van der Waals surface area (Å²) in [5, 5.41) is 5.41. The molecule has 1 aliphatic heterocycles. The Bertz CT molecular complexity index is 891. The van der Waals surface area contributed by atoms with Crippen LogP contribution in [-0.4, -0.2) is 35.0 Å². The van der Waals surface area contributed by atoms with E-state index in [0.29, 0.717) is 13.0 Å². The van der Waals surface area contributed by atoms with Crippen LogP contribution in [0.2, 0.25) is 0 Å². The van der Waals surface area contributed by atoms with Crippen LogP contribution in [0.25, 0.3) is 10.8 Å². The van der Waals surface area contributed by atoms with Gasteiger partial charge in [-0.25, -0.2) is 9.97 Å². The molecule has 1 saturated heterocycles. The monoisotopic (exact) mass is 346 g/mol. The number of carbonyl (C=O) groups is 1. The lowest BCUT2D eigenvalue weighted by Crippen LogP contribution is -2.41. The second kappa shape index (κ2) is 7.52. The number of hydrogen-bond donors (Lipinski definition) is 1. The fourth-order valence-electron chi connectivity index (χ4n) is 3.66. The lowest BCUT2D eigenvalue weighted by atomic mass is 10.0. The lowest BCUT2D eigenvalue weighted by molar-refractivity contribution is -0.120. The van der Waals surface area contributed by atoms with Crippen molar-refractivity contribution in [3.05, 3.63) is 66.5 Å². The van der Waals surface area contributed by atoms with Gasteiger partial charge in [0, 0.05) is 31.5 Å². The maximum atomic E-state index is 12.5. The van der Waals surface area contributed by atoms with Crippen LogP contribution >= 0.6 is 0 Å². The molecule has 5 nitrogen and oxygen atoms in total. The molecule has 2 aromatic carbocycles. The first-order chi connectivity index (χ1) is 12.8. The van der Waals surface area contributed by atoms with Gasteiger partial charge in [0.25, 0.3) is 0 Å². The Hall–Kier alpha value is -2.95. The number of amides is 1. The topological polar surface area (TPSA) is 58.1 Å². The summed E-state index contributed by atoms with van der Waals surface area (Å²) in [6.07, 6.45) is 6.07. The van der Waals surface area contributed by atoms with Crippen molar-refractivity contribution in [1.29, 1.82) is 0 Å². The van der Waals surface area contributed by atoms with Crippen molar-refractivity contribution in [2.24, 2.45) is 0 Å². The summed E-state index contributed by atoms with van der Waals surface area (Å²) in [5.74, 6) is 0.806. The van der Waals surface area contributed by atoms with Crippen molar-refractivity contribution in [2.45, 2.75) is 25.3 Å². The zero-order valence-corrected chi connectivity index (χ0v) is 14.6. The molecule has 1 atom stereocenters. The van der Waals surface area contributed by atoms with E-state index in [4.69, 9.17) is 0 Å². The predicted octanol–water partition coefficient (Wildman–Crippen LogP) is 2.96. The fourth-order valence-corrected chi connectivity index (χ4v) is 3.66. The van der Waals surface area contributed by atoms with Crippen LogP contribution in [0.1, 0.15) is 18.4 Å². The molecule has 1 fully saturated rings. The van der Waals surface area contributed by atoms with E-state index < -0.39 is 0 Å². The highest BCUT2D eigenvalue weighted by molar-refractivity contribution is 5.90. The zero-order chi connectivity index (χ0) is 17.8. The number of carbonyl (C=O) groups excluding carboxylic acids is 1. The van der Waals surface area contributed by atoms with Gasteiger partial charge in [0.05, 0.1) is 6.42 Å². The Morgan fingerprint density at radius 3 is 2.77 bits per heavy atom. The van der Waals surface area contributed by atoms with Gasteiger partial charge >= 0.3 is 0 Å². The molecule has 0 aliphatic carbocycles. The van der Waals surface area contributed by atoms with Crippen molar-refractivity contribution in [3.63, 3.8) is 0 Å². The van der Waals surface area contributed by atoms with Crippen molar-refractivity contribution in [3.8, 4) is 0 Å². The van der Waals surface area contributed by atoms with E-state index in [2.05, 4.69) is 38.4 Å². The van der Waals surface area contributed by atoms with Crippen molar-refractivity contribution >= 4 is 22.6 Å². The Balaban J connectivity index is 1.39. The number of rotatable bonds is 5. The van der Waals surface area contributed by atoms with Crippen LogP contribution in [0, 0.1) is 0 Å². The smallest absolute Gasteiger partial charge is 0.225 e. The zero-order valence-electron chi connectivity index (χ0n) is 14.6. The molecular weight excluding hydrogens is 324 g/mol. The molecule has 1 unspecified atom stereocenters. The van der Waals surface area contributed by atoms with Gasteiger partial charge in [0.15, 0.2) is 0 Å². The molecule has 4 rings (SSSR count). The van der Waals surface area contributed by atoms with Gasteiger partial charge in [0.1, 0.15) is 0 Å². The van der Waals surface area contributed by atoms with Gasteiger partial charge in [-0.15, -0.1) is 0 Å². The highest BCUT2D eigenvalue weighted by Crippen LogP contribution is 2.22. The number of fused-ring (bicyclic) bond motifs is 1. The van der Waals surface area contributed by atoms with Crippen molar-refractivity contribution in [2.75, 3.05) is 18.0 Å². The molecule has 2 heterocycles.